The van der Waals surface area contributed by atoms with Crippen LogP contribution < -0.4 is 10.6 Å². The van der Waals surface area contributed by atoms with Gasteiger partial charge in [-0.1, -0.05) is 41.0 Å². The molecule has 0 atom stereocenters. The van der Waals surface area contributed by atoms with Gasteiger partial charge >= 0.3 is 0 Å². The van der Waals surface area contributed by atoms with Crippen molar-refractivity contribution in [3.63, 3.8) is 0 Å². The number of carbonyl (C=O) groups excluding carboxylic acids is 2. The smallest absolute Gasteiger partial charge is 0.253 e. The second kappa shape index (κ2) is 12.6. The number of hydrogen-bond donors (Lipinski definition) is 2. The monoisotopic (exact) mass is 511 g/mol. The number of carbonyl (C=O) groups is 2. The van der Waals surface area contributed by atoms with E-state index in [1.807, 2.05) is 18.2 Å². The third kappa shape index (κ3) is 6.90. The number of ether oxygens (including phenoxy) is 1. The summed E-state index contributed by atoms with van der Waals surface area (Å²) in [5.41, 5.74) is 1.78. The van der Waals surface area contributed by atoms with Gasteiger partial charge in [0.15, 0.2) is 0 Å². The fraction of sp³-hybridized carbons (Fsp3) is 0.385. The highest BCUT2D eigenvalue weighted by Gasteiger charge is 2.27. The Balaban J connectivity index is 1.27. The first-order valence-electron chi connectivity index (χ1n) is 12.0. The maximum Gasteiger partial charge on any atom is 0.253 e. The molecule has 2 N–H and O–H groups in total. The molecule has 0 spiro atoms. The summed E-state index contributed by atoms with van der Waals surface area (Å²) in [4.78, 5) is 32.2. The van der Waals surface area contributed by atoms with Crippen molar-refractivity contribution in [2.75, 3.05) is 38.7 Å². The average Bonchev–Trinajstić information content (AvgIpc) is 3.36. The van der Waals surface area contributed by atoms with Gasteiger partial charge < -0.3 is 19.9 Å². The van der Waals surface area contributed by atoms with E-state index in [-0.39, 0.29) is 17.7 Å². The van der Waals surface area contributed by atoms with Gasteiger partial charge in [-0.2, -0.15) is 4.98 Å². The molecule has 0 saturated carbocycles. The summed E-state index contributed by atoms with van der Waals surface area (Å²) in [6.45, 7) is 3.07. The van der Waals surface area contributed by atoms with Gasteiger partial charge in [-0.05, 0) is 56.6 Å². The number of rotatable bonds is 10. The largest absolute Gasteiger partial charge is 0.385 e. The third-order valence-corrected chi connectivity index (χ3v) is 6.34. The molecule has 4 rings (SSSR count). The predicted molar refractivity (Wildman–Crippen MR) is 137 cm³/mol. The summed E-state index contributed by atoms with van der Waals surface area (Å²) >= 11 is 6.05. The second-order valence-corrected chi connectivity index (χ2v) is 9.15. The lowest BCUT2D eigenvalue weighted by molar-refractivity contribution is -0.121. The lowest BCUT2D eigenvalue weighted by Gasteiger charge is -2.30. The molecule has 190 valence electrons. The lowest BCUT2D eigenvalue weighted by atomic mass is 9.95. The molecule has 2 aromatic carbocycles. The van der Waals surface area contributed by atoms with E-state index in [0.29, 0.717) is 60.5 Å². The zero-order valence-corrected chi connectivity index (χ0v) is 21.0. The van der Waals surface area contributed by atoms with Crippen LogP contribution in [0.5, 0.6) is 0 Å². The van der Waals surface area contributed by atoms with Gasteiger partial charge in [0, 0.05) is 36.8 Å². The Labute approximate surface area is 215 Å². The zero-order chi connectivity index (χ0) is 25.3. The number of anilines is 1. The third-order valence-electron chi connectivity index (χ3n) is 6.11. The van der Waals surface area contributed by atoms with Crippen molar-refractivity contribution in [2.45, 2.75) is 25.8 Å². The Morgan fingerprint density at radius 3 is 2.75 bits per heavy atom. The number of hydrogen-bond acceptors (Lipinski definition) is 7. The summed E-state index contributed by atoms with van der Waals surface area (Å²) in [6, 6.07) is 14.4. The molecule has 1 aromatic heterocycles. The van der Waals surface area contributed by atoms with Crippen LogP contribution in [0.3, 0.4) is 0 Å². The number of halogens is 1. The number of piperidine rings is 1. The van der Waals surface area contributed by atoms with Crippen LogP contribution in [0, 0.1) is 5.92 Å². The van der Waals surface area contributed by atoms with E-state index in [9.17, 15) is 9.59 Å². The number of likely N-dealkylation sites (tertiary alicyclic amines) is 1. The quantitative estimate of drug-likeness (QED) is 0.396. The van der Waals surface area contributed by atoms with Crippen LogP contribution in [-0.4, -0.2) is 60.2 Å². The van der Waals surface area contributed by atoms with Gasteiger partial charge in [0.2, 0.25) is 17.6 Å². The molecule has 2 amide bonds. The molecule has 1 saturated heterocycles. The highest BCUT2D eigenvalue weighted by molar-refractivity contribution is 6.30. The molecule has 1 aliphatic rings. The van der Waals surface area contributed by atoms with Gasteiger partial charge in [0.25, 0.3) is 5.91 Å². The Morgan fingerprint density at radius 2 is 1.97 bits per heavy atom. The molecule has 0 aliphatic carbocycles. The van der Waals surface area contributed by atoms with Crippen molar-refractivity contribution < 1.29 is 18.8 Å². The van der Waals surface area contributed by atoms with Gasteiger partial charge in [-0.25, -0.2) is 0 Å². The minimum absolute atomic E-state index is 0.0738. The second-order valence-electron chi connectivity index (χ2n) is 8.71. The van der Waals surface area contributed by atoms with E-state index < -0.39 is 0 Å². The molecular formula is C26H30ClN5O4. The first-order chi connectivity index (χ1) is 17.5. The average molecular weight is 512 g/mol. The number of nitrogens with one attached hydrogen (secondary N) is 2. The van der Waals surface area contributed by atoms with Crippen molar-refractivity contribution in [2.24, 2.45) is 5.92 Å². The Hall–Kier alpha value is -3.27. The fourth-order valence-corrected chi connectivity index (χ4v) is 4.34. The number of para-hydroxylation sites is 1. The minimum Gasteiger partial charge on any atom is -0.385 e. The molecule has 1 aliphatic heterocycles. The number of methoxy groups -OCH3 is 1. The number of aromatic nitrogens is 2. The highest BCUT2D eigenvalue weighted by atomic mass is 35.5. The Kier molecular flexibility index (Phi) is 9.05. The molecule has 0 unspecified atom stereocenters. The molecule has 0 radical (unpaired) electrons. The van der Waals surface area contributed by atoms with E-state index in [4.69, 9.17) is 20.9 Å². The first-order valence-corrected chi connectivity index (χ1v) is 12.4. The SMILES string of the molecule is COCCCNC(=O)c1ccccc1NC(=O)C1CCN(Cc2nc(-c3cccc(Cl)c3)no2)CC1. The topological polar surface area (TPSA) is 110 Å². The molecule has 36 heavy (non-hydrogen) atoms. The van der Waals surface area contributed by atoms with Gasteiger partial charge in [0.05, 0.1) is 17.8 Å². The summed E-state index contributed by atoms with van der Waals surface area (Å²) in [7, 11) is 1.63. The summed E-state index contributed by atoms with van der Waals surface area (Å²) in [6.07, 6.45) is 2.12. The maximum atomic E-state index is 13.0. The van der Waals surface area contributed by atoms with Gasteiger partial charge in [-0.15, -0.1) is 0 Å². The van der Waals surface area contributed by atoms with E-state index in [1.165, 1.54) is 0 Å². The summed E-state index contributed by atoms with van der Waals surface area (Å²) in [5.74, 6) is 0.606. The van der Waals surface area contributed by atoms with Crippen LogP contribution in [0.15, 0.2) is 53.1 Å². The Bertz CT molecular complexity index is 1180. The maximum absolute atomic E-state index is 13.0. The number of nitrogens with zero attached hydrogens (tertiary/aromatic N) is 3. The predicted octanol–water partition coefficient (Wildman–Crippen LogP) is 4.01. The zero-order valence-electron chi connectivity index (χ0n) is 20.2. The van der Waals surface area contributed by atoms with Crippen LogP contribution in [0.25, 0.3) is 11.4 Å². The molecular weight excluding hydrogens is 482 g/mol. The highest BCUT2D eigenvalue weighted by Crippen LogP contribution is 2.24. The number of amides is 2. The summed E-state index contributed by atoms with van der Waals surface area (Å²) < 4.78 is 10.4. The van der Waals surface area contributed by atoms with E-state index in [1.54, 1.807) is 37.4 Å². The number of benzene rings is 2. The van der Waals surface area contributed by atoms with Crippen LogP contribution in [0.1, 0.15) is 35.5 Å². The van der Waals surface area contributed by atoms with Crippen molar-refractivity contribution in [3.8, 4) is 11.4 Å². The van der Waals surface area contributed by atoms with Gasteiger partial charge in [0.1, 0.15) is 0 Å². The Morgan fingerprint density at radius 1 is 1.17 bits per heavy atom. The van der Waals surface area contributed by atoms with E-state index in [2.05, 4.69) is 25.7 Å². The first kappa shape index (κ1) is 25.8. The van der Waals surface area contributed by atoms with Crippen LogP contribution in [0.4, 0.5) is 5.69 Å². The molecule has 9 nitrogen and oxygen atoms in total. The molecule has 1 fully saturated rings. The standard InChI is InChI=1S/C26H30ClN5O4/c1-35-15-5-12-28-26(34)21-8-2-3-9-22(21)29-25(33)18-10-13-32(14-11-18)17-23-30-24(31-36-23)19-6-4-7-20(27)16-19/h2-4,6-9,16,18H,5,10-15,17H2,1H3,(H,28,34)(H,29,33). The van der Waals surface area contributed by atoms with E-state index in [0.717, 1.165) is 25.1 Å². The molecule has 10 heteroatoms. The molecule has 3 aromatic rings. The van der Waals surface area contributed by atoms with E-state index >= 15 is 0 Å². The van der Waals surface area contributed by atoms with Crippen molar-refractivity contribution in [1.29, 1.82) is 0 Å². The molecule has 2 heterocycles. The lowest BCUT2D eigenvalue weighted by Crippen LogP contribution is -2.38. The fourth-order valence-electron chi connectivity index (χ4n) is 4.15. The van der Waals surface area contributed by atoms with Crippen LogP contribution in [-0.2, 0) is 16.1 Å². The van der Waals surface area contributed by atoms with Crippen LogP contribution in [0.2, 0.25) is 5.02 Å². The van der Waals surface area contributed by atoms with Crippen molar-refractivity contribution in [3.05, 3.63) is 65.0 Å². The van der Waals surface area contributed by atoms with Crippen molar-refractivity contribution >= 4 is 29.1 Å². The minimum atomic E-state index is -0.214. The van der Waals surface area contributed by atoms with Gasteiger partial charge in [-0.3, -0.25) is 14.5 Å². The van der Waals surface area contributed by atoms with Crippen LogP contribution >= 0.6 is 11.6 Å². The molecule has 0 bridgehead atoms. The summed E-state index contributed by atoms with van der Waals surface area (Å²) in [5, 5.41) is 10.5. The normalized spacial score (nSPS) is 14.5. The van der Waals surface area contributed by atoms with Crippen molar-refractivity contribution in [1.82, 2.24) is 20.4 Å².